The van der Waals surface area contributed by atoms with E-state index in [1.807, 2.05) is 38.1 Å². The van der Waals surface area contributed by atoms with Crippen molar-refractivity contribution in [2.45, 2.75) is 89.8 Å². The number of likely N-dealkylation sites (N-methyl/N-ethyl adjacent to an activating group) is 2. The highest BCUT2D eigenvalue weighted by Crippen LogP contribution is 2.44. The Labute approximate surface area is 260 Å². The van der Waals surface area contributed by atoms with Crippen LogP contribution in [0.5, 0.6) is 0 Å². The number of benzene rings is 2. The molecule has 0 heterocycles. The normalized spacial score (nSPS) is 17.4. The van der Waals surface area contributed by atoms with Crippen molar-refractivity contribution < 1.29 is 29.0 Å². The molecule has 0 aliphatic heterocycles. The molecule has 0 saturated heterocycles. The molecular weight excluding hydrogens is 558 g/mol. The highest BCUT2D eigenvalue weighted by molar-refractivity contribution is 5.92. The summed E-state index contributed by atoms with van der Waals surface area (Å²) in [4.78, 5) is 55.5. The number of hydrogen-bond acceptors (Lipinski definition) is 5. The van der Waals surface area contributed by atoms with Gasteiger partial charge in [-0.1, -0.05) is 88.1 Å². The van der Waals surface area contributed by atoms with Gasteiger partial charge in [-0.2, -0.15) is 0 Å². The van der Waals surface area contributed by atoms with Crippen molar-refractivity contribution in [3.63, 3.8) is 0 Å². The van der Waals surface area contributed by atoms with Crippen LogP contribution in [0.15, 0.2) is 48.5 Å². The lowest BCUT2D eigenvalue weighted by Gasteiger charge is -2.40. The van der Waals surface area contributed by atoms with Crippen LogP contribution in [0.4, 0.5) is 4.79 Å². The molecule has 2 N–H and O–H groups in total. The molecule has 44 heavy (non-hydrogen) atoms. The van der Waals surface area contributed by atoms with Crippen molar-refractivity contribution in [3.8, 4) is 11.1 Å². The number of nitrogens with one attached hydrogen (secondary N) is 1. The Hall–Kier alpha value is -3.88. The molecule has 0 aromatic heterocycles. The fourth-order valence-electron chi connectivity index (χ4n) is 6.76. The summed E-state index contributed by atoms with van der Waals surface area (Å²) in [6.45, 7) is 5.69. The maximum absolute atomic E-state index is 14.1. The summed E-state index contributed by atoms with van der Waals surface area (Å²) < 4.78 is 5.77. The van der Waals surface area contributed by atoms with Gasteiger partial charge in [-0.05, 0) is 53.9 Å². The molecule has 1 fully saturated rings. The Balaban J connectivity index is 1.50. The van der Waals surface area contributed by atoms with Gasteiger partial charge in [0, 0.05) is 26.1 Å². The van der Waals surface area contributed by atoms with Gasteiger partial charge in [0.1, 0.15) is 18.7 Å². The molecule has 0 radical (unpaired) electrons. The lowest BCUT2D eigenvalue weighted by Crippen LogP contribution is -2.59. The summed E-state index contributed by atoms with van der Waals surface area (Å²) >= 11 is 0. The molecule has 2 aromatic carbocycles. The quantitative estimate of drug-likeness (QED) is 0.322. The summed E-state index contributed by atoms with van der Waals surface area (Å²) in [5.41, 5.74) is 4.47. The van der Waals surface area contributed by atoms with Crippen LogP contribution in [0.3, 0.4) is 0 Å². The van der Waals surface area contributed by atoms with E-state index in [1.54, 1.807) is 21.0 Å². The Bertz CT molecular complexity index is 1290. The first-order valence-corrected chi connectivity index (χ1v) is 15.9. The molecule has 0 unspecified atom stereocenters. The number of carboxylic acid groups (broad SMARTS) is 1. The highest BCUT2D eigenvalue weighted by Gasteiger charge is 2.41. The number of hydrogen-bond donors (Lipinski definition) is 2. The Kier molecular flexibility index (Phi) is 11.1. The summed E-state index contributed by atoms with van der Waals surface area (Å²) in [7, 11) is 3.23. The first-order chi connectivity index (χ1) is 21.0. The maximum Gasteiger partial charge on any atom is 0.407 e. The number of nitrogens with zero attached hydrogens (tertiary/aromatic N) is 2. The van der Waals surface area contributed by atoms with Gasteiger partial charge in [-0.15, -0.1) is 0 Å². The maximum atomic E-state index is 14.1. The molecular formula is C35H47N3O6. The van der Waals surface area contributed by atoms with Gasteiger partial charge in [0.2, 0.25) is 11.8 Å². The zero-order chi connectivity index (χ0) is 32.0. The number of carbonyl (C=O) groups is 4. The van der Waals surface area contributed by atoms with Crippen molar-refractivity contribution in [3.05, 3.63) is 59.7 Å². The van der Waals surface area contributed by atoms with E-state index in [-0.39, 0.29) is 42.6 Å². The minimum atomic E-state index is -0.986. The van der Waals surface area contributed by atoms with Crippen LogP contribution in [-0.4, -0.2) is 77.6 Å². The molecule has 0 bridgehead atoms. The van der Waals surface area contributed by atoms with Crippen LogP contribution in [0.2, 0.25) is 0 Å². The number of aliphatic carboxylic acids is 1. The predicted octanol–water partition coefficient (Wildman–Crippen LogP) is 5.67. The summed E-state index contributed by atoms with van der Waals surface area (Å²) in [5.74, 6) is -1.97. The first-order valence-electron chi connectivity index (χ1n) is 15.9. The van der Waals surface area contributed by atoms with E-state index in [1.165, 1.54) is 9.80 Å². The van der Waals surface area contributed by atoms with Crippen LogP contribution in [0.25, 0.3) is 11.1 Å². The van der Waals surface area contributed by atoms with Crippen LogP contribution >= 0.6 is 0 Å². The van der Waals surface area contributed by atoms with E-state index in [9.17, 15) is 24.3 Å². The average Bonchev–Trinajstić information content (AvgIpc) is 3.35. The van der Waals surface area contributed by atoms with Crippen molar-refractivity contribution in [2.24, 2.45) is 11.8 Å². The smallest absolute Gasteiger partial charge is 0.407 e. The largest absolute Gasteiger partial charge is 0.481 e. The number of carboxylic acids is 1. The molecule has 4 atom stereocenters. The van der Waals surface area contributed by atoms with Crippen LogP contribution in [0, 0.1) is 11.8 Å². The van der Waals surface area contributed by atoms with Crippen molar-refractivity contribution in [1.82, 2.24) is 15.1 Å². The van der Waals surface area contributed by atoms with Crippen molar-refractivity contribution in [2.75, 3.05) is 20.7 Å². The average molecular weight is 606 g/mol. The monoisotopic (exact) mass is 605 g/mol. The molecule has 2 aliphatic carbocycles. The summed E-state index contributed by atoms with van der Waals surface area (Å²) in [6.07, 6.45) is 4.41. The SMILES string of the molecule is CC[C@H](C)[C@H](NC(=O)OCC1c2ccccc2-c2ccccc21)C(=O)N(C)[C@H](C(=O)N(C)[C@H](C)CC(=O)O)C1CCCCC1. The van der Waals surface area contributed by atoms with Crippen LogP contribution in [0.1, 0.15) is 82.8 Å². The molecule has 238 valence electrons. The molecule has 1 saturated carbocycles. The minimum Gasteiger partial charge on any atom is -0.481 e. The second-order valence-corrected chi connectivity index (χ2v) is 12.5. The fraction of sp³-hybridized carbons (Fsp3) is 0.543. The second-order valence-electron chi connectivity index (χ2n) is 12.5. The van der Waals surface area contributed by atoms with Crippen LogP contribution in [-0.2, 0) is 19.1 Å². The van der Waals surface area contributed by atoms with E-state index in [4.69, 9.17) is 4.74 Å². The predicted molar refractivity (Wildman–Crippen MR) is 169 cm³/mol. The Morgan fingerprint density at radius 3 is 2.00 bits per heavy atom. The summed E-state index contributed by atoms with van der Waals surface area (Å²) in [6, 6.07) is 14.1. The molecule has 2 aromatic rings. The third-order valence-electron chi connectivity index (χ3n) is 9.69. The van der Waals surface area contributed by atoms with Gasteiger partial charge in [0.05, 0.1) is 6.42 Å². The molecule has 3 amide bonds. The molecule has 0 spiro atoms. The standard InChI is InChI=1S/C35H47N3O6/c1-6-22(2)31(36-35(43)44-21-29-27-18-12-10-16-25(27)26-17-11-13-19-28(26)29)33(41)38(5)32(24-14-8-7-9-15-24)34(42)37(4)23(3)20-30(39)40/h10-13,16-19,22-24,29,31-32H,6-9,14-15,20-21H2,1-5H3,(H,36,43)(H,39,40)/t22-,23+,31-,32-/m0/s1. The van der Waals surface area contributed by atoms with Gasteiger partial charge in [0.15, 0.2) is 0 Å². The Morgan fingerprint density at radius 1 is 0.886 bits per heavy atom. The zero-order valence-electron chi connectivity index (χ0n) is 26.6. The van der Waals surface area contributed by atoms with Gasteiger partial charge < -0.3 is 25.0 Å². The van der Waals surface area contributed by atoms with Gasteiger partial charge in [-0.3, -0.25) is 14.4 Å². The van der Waals surface area contributed by atoms with Gasteiger partial charge in [0.25, 0.3) is 0 Å². The number of amides is 3. The molecule has 4 rings (SSSR count). The topological polar surface area (TPSA) is 116 Å². The number of rotatable bonds is 12. The number of carbonyl (C=O) groups excluding carboxylic acids is 3. The van der Waals surface area contributed by atoms with Crippen molar-refractivity contribution >= 4 is 23.9 Å². The number of ether oxygens (including phenoxy) is 1. The third-order valence-corrected chi connectivity index (χ3v) is 9.69. The van der Waals surface area contributed by atoms with E-state index in [0.29, 0.717) is 6.42 Å². The minimum absolute atomic E-state index is 0.0447. The third kappa shape index (κ3) is 7.25. The molecule has 9 heteroatoms. The van der Waals surface area contributed by atoms with E-state index < -0.39 is 30.2 Å². The van der Waals surface area contributed by atoms with E-state index in [2.05, 4.69) is 29.6 Å². The van der Waals surface area contributed by atoms with Gasteiger partial charge >= 0.3 is 12.1 Å². The van der Waals surface area contributed by atoms with E-state index >= 15 is 0 Å². The lowest BCUT2D eigenvalue weighted by molar-refractivity contribution is -0.150. The number of alkyl carbamates (subject to hydrolysis) is 1. The lowest BCUT2D eigenvalue weighted by atomic mass is 9.82. The second kappa shape index (κ2) is 14.7. The first kappa shape index (κ1) is 33.0. The highest BCUT2D eigenvalue weighted by atomic mass is 16.5. The molecule has 2 aliphatic rings. The molecule has 9 nitrogen and oxygen atoms in total. The van der Waals surface area contributed by atoms with Crippen LogP contribution < -0.4 is 5.32 Å². The number of fused-ring (bicyclic) bond motifs is 3. The fourth-order valence-corrected chi connectivity index (χ4v) is 6.76. The zero-order valence-corrected chi connectivity index (χ0v) is 26.6. The van der Waals surface area contributed by atoms with Gasteiger partial charge in [-0.25, -0.2) is 4.79 Å². The Morgan fingerprint density at radius 2 is 1.45 bits per heavy atom. The van der Waals surface area contributed by atoms with Crippen molar-refractivity contribution in [1.29, 1.82) is 0 Å². The summed E-state index contributed by atoms with van der Waals surface area (Å²) in [5, 5.41) is 12.1. The van der Waals surface area contributed by atoms with E-state index in [0.717, 1.165) is 54.4 Å².